The van der Waals surface area contributed by atoms with Crippen molar-refractivity contribution in [2.45, 2.75) is 51.5 Å². The van der Waals surface area contributed by atoms with Crippen molar-refractivity contribution in [3.05, 3.63) is 33.3 Å². The molecule has 1 aromatic carbocycles. The molecule has 1 aliphatic carbocycles. The molecule has 2 atom stereocenters. The van der Waals surface area contributed by atoms with Crippen LogP contribution in [0.1, 0.15) is 45.4 Å². The zero-order valence-electron chi connectivity index (χ0n) is 11.8. The second-order valence-electron chi connectivity index (χ2n) is 5.55. The Morgan fingerprint density at radius 1 is 1.35 bits per heavy atom. The second kappa shape index (κ2) is 6.93. The van der Waals surface area contributed by atoms with E-state index in [1.807, 2.05) is 0 Å². The van der Waals surface area contributed by atoms with Crippen molar-refractivity contribution in [1.29, 1.82) is 0 Å². The summed E-state index contributed by atoms with van der Waals surface area (Å²) >= 11 is 6.12. The summed E-state index contributed by atoms with van der Waals surface area (Å²) in [5.74, 6) is 0.842. The number of nitro groups is 1. The molecule has 0 spiro atoms. The van der Waals surface area contributed by atoms with Gasteiger partial charge in [0, 0.05) is 18.2 Å². The first-order valence-electron chi connectivity index (χ1n) is 7.30. The Morgan fingerprint density at radius 2 is 2.15 bits per heavy atom. The molecular weight excluding hydrogens is 276 g/mol. The third kappa shape index (κ3) is 3.85. The lowest BCUT2D eigenvalue weighted by molar-refractivity contribution is -0.384. The Bertz CT molecular complexity index is 479. The maximum absolute atomic E-state index is 10.7. The highest BCUT2D eigenvalue weighted by Crippen LogP contribution is 2.31. The Kier molecular flexibility index (Phi) is 5.24. The van der Waals surface area contributed by atoms with E-state index in [0.717, 1.165) is 24.4 Å². The van der Waals surface area contributed by atoms with Gasteiger partial charge in [0.1, 0.15) is 0 Å². The molecule has 0 radical (unpaired) electrons. The molecule has 2 rings (SSSR count). The molecule has 0 amide bonds. The Balaban J connectivity index is 2.01. The molecule has 5 heteroatoms. The van der Waals surface area contributed by atoms with Crippen molar-refractivity contribution in [3.63, 3.8) is 0 Å². The van der Waals surface area contributed by atoms with E-state index >= 15 is 0 Å². The lowest BCUT2D eigenvalue weighted by atomic mass is 9.98. The van der Waals surface area contributed by atoms with Crippen LogP contribution in [0.5, 0.6) is 0 Å². The Labute approximate surface area is 124 Å². The fourth-order valence-electron chi connectivity index (χ4n) is 2.89. The highest BCUT2D eigenvalue weighted by molar-refractivity contribution is 6.33. The molecule has 4 nitrogen and oxygen atoms in total. The highest BCUT2D eigenvalue weighted by atomic mass is 35.5. The van der Waals surface area contributed by atoms with Crippen LogP contribution in [-0.2, 0) is 0 Å². The molecule has 1 saturated carbocycles. The summed E-state index contributed by atoms with van der Waals surface area (Å²) in [4.78, 5) is 10.3. The molecule has 20 heavy (non-hydrogen) atoms. The minimum absolute atomic E-state index is 0.0347. The van der Waals surface area contributed by atoms with Crippen LogP contribution in [0.4, 0.5) is 11.4 Å². The summed E-state index contributed by atoms with van der Waals surface area (Å²) < 4.78 is 0. The van der Waals surface area contributed by atoms with Crippen molar-refractivity contribution < 1.29 is 4.92 Å². The van der Waals surface area contributed by atoms with Gasteiger partial charge in [-0.25, -0.2) is 0 Å². The van der Waals surface area contributed by atoms with E-state index in [1.54, 1.807) is 6.07 Å². The predicted octanol–water partition coefficient (Wildman–Crippen LogP) is 5.02. The van der Waals surface area contributed by atoms with Gasteiger partial charge in [0.25, 0.3) is 5.69 Å². The van der Waals surface area contributed by atoms with Crippen molar-refractivity contribution in [2.24, 2.45) is 5.92 Å². The first-order chi connectivity index (χ1) is 9.60. The van der Waals surface area contributed by atoms with Crippen LogP contribution >= 0.6 is 11.6 Å². The van der Waals surface area contributed by atoms with E-state index in [4.69, 9.17) is 11.6 Å². The van der Waals surface area contributed by atoms with Crippen LogP contribution < -0.4 is 5.32 Å². The number of nitrogens with one attached hydrogen (secondary N) is 1. The van der Waals surface area contributed by atoms with Gasteiger partial charge in [-0.2, -0.15) is 0 Å². The van der Waals surface area contributed by atoms with Crippen LogP contribution in [0.15, 0.2) is 18.2 Å². The van der Waals surface area contributed by atoms with Gasteiger partial charge in [0.05, 0.1) is 15.6 Å². The van der Waals surface area contributed by atoms with Gasteiger partial charge < -0.3 is 5.32 Å². The third-order valence-corrected chi connectivity index (χ3v) is 4.50. The number of benzene rings is 1. The molecule has 0 bridgehead atoms. The average molecular weight is 297 g/mol. The van der Waals surface area contributed by atoms with E-state index < -0.39 is 4.92 Å². The van der Waals surface area contributed by atoms with Crippen molar-refractivity contribution in [2.75, 3.05) is 5.32 Å². The zero-order chi connectivity index (χ0) is 14.5. The van der Waals surface area contributed by atoms with Crippen LogP contribution in [0.25, 0.3) is 0 Å². The third-order valence-electron chi connectivity index (χ3n) is 4.19. The number of hydrogen-bond donors (Lipinski definition) is 1. The van der Waals surface area contributed by atoms with Crippen molar-refractivity contribution in [3.8, 4) is 0 Å². The largest absolute Gasteiger partial charge is 0.381 e. The lowest BCUT2D eigenvalue weighted by Crippen LogP contribution is -2.18. The minimum atomic E-state index is -0.423. The molecular formula is C15H21ClN2O2. The van der Waals surface area contributed by atoms with Crippen LogP contribution in [0.2, 0.25) is 5.02 Å². The van der Waals surface area contributed by atoms with Gasteiger partial charge in [-0.3, -0.25) is 10.1 Å². The summed E-state index contributed by atoms with van der Waals surface area (Å²) in [7, 11) is 0. The van der Waals surface area contributed by atoms with E-state index in [-0.39, 0.29) is 5.69 Å². The molecule has 2 unspecified atom stereocenters. The molecule has 0 heterocycles. The number of rotatable bonds is 4. The van der Waals surface area contributed by atoms with Crippen molar-refractivity contribution >= 4 is 23.0 Å². The highest BCUT2D eigenvalue weighted by Gasteiger charge is 2.19. The number of nitrogens with zero attached hydrogens (tertiary/aromatic N) is 1. The van der Waals surface area contributed by atoms with Crippen LogP contribution in [-0.4, -0.2) is 11.0 Å². The first-order valence-corrected chi connectivity index (χ1v) is 7.68. The Morgan fingerprint density at radius 3 is 2.80 bits per heavy atom. The van der Waals surface area contributed by atoms with Gasteiger partial charge in [-0.15, -0.1) is 0 Å². The van der Waals surface area contributed by atoms with E-state index in [9.17, 15) is 10.1 Å². The second-order valence-corrected chi connectivity index (χ2v) is 5.95. The SMILES string of the molecule is CCC1CCCC(Nc2ccc([N+](=O)[O-])cc2Cl)CC1. The summed E-state index contributed by atoms with van der Waals surface area (Å²) in [6.45, 7) is 2.26. The normalized spacial score (nSPS) is 23.1. The molecule has 1 aromatic rings. The minimum Gasteiger partial charge on any atom is -0.381 e. The number of anilines is 1. The molecule has 0 aromatic heterocycles. The summed E-state index contributed by atoms with van der Waals surface area (Å²) in [5, 5.41) is 14.6. The maximum Gasteiger partial charge on any atom is 0.271 e. The Hall–Kier alpha value is -1.29. The lowest BCUT2D eigenvalue weighted by Gasteiger charge is -2.18. The molecule has 110 valence electrons. The summed E-state index contributed by atoms with van der Waals surface area (Å²) in [6.07, 6.45) is 7.34. The van der Waals surface area contributed by atoms with Gasteiger partial charge in [0.15, 0.2) is 0 Å². The standard InChI is InChI=1S/C15H21ClN2O2/c1-2-11-4-3-5-12(7-6-11)17-15-9-8-13(18(19)20)10-14(15)16/h8-12,17H,2-7H2,1H3. The molecule has 1 N–H and O–H groups in total. The number of hydrogen-bond acceptors (Lipinski definition) is 3. The fraction of sp³-hybridized carbons (Fsp3) is 0.600. The first kappa shape index (κ1) is 15.1. The van der Waals surface area contributed by atoms with Gasteiger partial charge in [-0.05, 0) is 31.2 Å². The maximum atomic E-state index is 10.7. The molecule has 1 aliphatic rings. The van der Waals surface area contributed by atoms with Crippen molar-refractivity contribution in [1.82, 2.24) is 0 Å². The molecule has 0 saturated heterocycles. The van der Waals surface area contributed by atoms with E-state index in [2.05, 4.69) is 12.2 Å². The van der Waals surface area contributed by atoms with Crippen LogP contribution in [0, 0.1) is 16.0 Å². The predicted molar refractivity (Wildman–Crippen MR) is 82.4 cm³/mol. The number of non-ortho nitro benzene ring substituents is 1. The molecule has 1 fully saturated rings. The monoisotopic (exact) mass is 296 g/mol. The summed E-state index contributed by atoms with van der Waals surface area (Å²) in [6, 6.07) is 5.04. The number of halogens is 1. The smallest absolute Gasteiger partial charge is 0.271 e. The summed E-state index contributed by atoms with van der Waals surface area (Å²) in [5.41, 5.74) is 0.838. The van der Waals surface area contributed by atoms with Gasteiger partial charge in [0.2, 0.25) is 0 Å². The quantitative estimate of drug-likeness (QED) is 0.482. The number of nitro benzene ring substituents is 1. The van der Waals surface area contributed by atoms with E-state index in [0.29, 0.717) is 11.1 Å². The van der Waals surface area contributed by atoms with E-state index in [1.165, 1.54) is 37.8 Å². The van der Waals surface area contributed by atoms with Gasteiger partial charge in [-0.1, -0.05) is 37.8 Å². The average Bonchev–Trinajstić information content (AvgIpc) is 2.66. The van der Waals surface area contributed by atoms with Crippen LogP contribution in [0.3, 0.4) is 0 Å². The molecule has 0 aliphatic heterocycles. The fourth-order valence-corrected chi connectivity index (χ4v) is 3.11. The van der Waals surface area contributed by atoms with Gasteiger partial charge >= 0.3 is 0 Å². The zero-order valence-corrected chi connectivity index (χ0v) is 12.5. The topological polar surface area (TPSA) is 55.2 Å².